The first kappa shape index (κ1) is 38.5. The predicted molar refractivity (Wildman–Crippen MR) is 282 cm³/mol. The van der Waals surface area contributed by atoms with Crippen LogP contribution in [0.15, 0.2) is 259 Å². The van der Waals surface area contributed by atoms with Crippen LogP contribution in [0.4, 0.5) is 17.1 Å². The van der Waals surface area contributed by atoms with Gasteiger partial charge in [-0.1, -0.05) is 188 Å². The zero-order valence-electron chi connectivity index (χ0n) is 36.6. The minimum absolute atomic E-state index is 0.907. The Morgan fingerprint density at radius 2 is 0.791 bits per heavy atom. The van der Waals surface area contributed by atoms with Gasteiger partial charge in [0.15, 0.2) is 0 Å². The maximum Gasteiger partial charge on any atom is 0.143 e. The standard InChI is InChI=1S/C64H42N2O/c1-2-21-52-45(15-1)16-13-31-59(52)65(51-39-35-44(36-40-51)47-18-12-20-49(42-47)54-26-14-27-58-57-25-6-10-32-63(57)67-64(54)58)50-37-33-43(34-38-50)46-17-11-19-48(41-46)53-22-3-7-28-60(53)66-61-29-8-4-23-55(61)56-24-5-9-30-62(56)66/h1-42H. The number of anilines is 3. The van der Waals surface area contributed by atoms with E-state index in [9.17, 15) is 0 Å². The summed E-state index contributed by atoms with van der Waals surface area (Å²) in [5, 5.41) is 7.19. The van der Waals surface area contributed by atoms with Crippen LogP contribution in [0.3, 0.4) is 0 Å². The molecule has 0 fully saturated rings. The molecule has 0 spiro atoms. The van der Waals surface area contributed by atoms with Gasteiger partial charge in [0.25, 0.3) is 0 Å². The molecular weight excluding hydrogens is 813 g/mol. The van der Waals surface area contributed by atoms with E-state index in [1.807, 2.05) is 12.1 Å². The SMILES string of the molecule is c1cc(-c2ccc(N(c3ccc(-c4cccc(-c5cccc6c5oc5ccccc56)c4)cc3)c3cccc4ccccc34)cc2)cc(-c2ccccc2-n2c3ccccc3c3ccccc32)c1. The van der Waals surface area contributed by atoms with Crippen molar-refractivity contribution in [3.63, 3.8) is 0 Å². The van der Waals surface area contributed by atoms with E-state index in [0.29, 0.717) is 0 Å². The lowest BCUT2D eigenvalue weighted by atomic mass is 9.97. The van der Waals surface area contributed by atoms with Crippen LogP contribution in [0.1, 0.15) is 0 Å². The lowest BCUT2D eigenvalue weighted by Gasteiger charge is -2.27. The van der Waals surface area contributed by atoms with Gasteiger partial charge in [-0.05, 0) is 105 Å². The number of hydrogen-bond acceptors (Lipinski definition) is 2. The van der Waals surface area contributed by atoms with Crippen LogP contribution in [0.5, 0.6) is 0 Å². The summed E-state index contributed by atoms with van der Waals surface area (Å²) in [7, 11) is 0. The predicted octanol–water partition coefficient (Wildman–Crippen LogP) is 18.0. The maximum atomic E-state index is 6.43. The molecular formula is C64H42N2O. The molecule has 0 saturated carbocycles. The highest BCUT2D eigenvalue weighted by molar-refractivity contribution is 6.11. The molecule has 2 aromatic heterocycles. The van der Waals surface area contributed by atoms with E-state index in [2.05, 4.69) is 252 Å². The van der Waals surface area contributed by atoms with Gasteiger partial charge in [0.05, 0.1) is 22.4 Å². The van der Waals surface area contributed by atoms with Crippen molar-refractivity contribution in [1.82, 2.24) is 4.57 Å². The molecule has 13 rings (SSSR count). The van der Waals surface area contributed by atoms with Crippen LogP contribution >= 0.6 is 0 Å². The average Bonchev–Trinajstić information content (AvgIpc) is 3.95. The number of aromatic nitrogens is 1. The molecule has 13 aromatic rings. The fourth-order valence-electron chi connectivity index (χ4n) is 10.2. The second kappa shape index (κ2) is 16.0. The number of fused-ring (bicyclic) bond motifs is 7. The highest BCUT2D eigenvalue weighted by Gasteiger charge is 2.19. The Labute approximate surface area is 388 Å². The maximum absolute atomic E-state index is 6.43. The summed E-state index contributed by atoms with van der Waals surface area (Å²) in [6.07, 6.45) is 0. The number of benzene rings is 11. The third-order valence-electron chi connectivity index (χ3n) is 13.4. The Bertz CT molecular complexity index is 3930. The third-order valence-corrected chi connectivity index (χ3v) is 13.4. The third kappa shape index (κ3) is 6.59. The molecule has 0 aliphatic rings. The molecule has 11 aromatic carbocycles. The smallest absolute Gasteiger partial charge is 0.143 e. The van der Waals surface area contributed by atoms with Crippen molar-refractivity contribution >= 4 is 71.6 Å². The van der Waals surface area contributed by atoms with Gasteiger partial charge in [-0.2, -0.15) is 0 Å². The Kier molecular flexibility index (Phi) is 9.17. The van der Waals surface area contributed by atoms with Crippen molar-refractivity contribution in [2.75, 3.05) is 4.90 Å². The second-order valence-electron chi connectivity index (χ2n) is 17.3. The van der Waals surface area contributed by atoms with E-state index >= 15 is 0 Å². The summed E-state index contributed by atoms with van der Waals surface area (Å²) in [4.78, 5) is 2.38. The Balaban J connectivity index is 0.858. The second-order valence-corrected chi connectivity index (χ2v) is 17.3. The van der Waals surface area contributed by atoms with E-state index in [0.717, 1.165) is 72.5 Å². The number of furan rings is 1. The monoisotopic (exact) mass is 854 g/mol. The summed E-state index contributed by atoms with van der Waals surface area (Å²) in [5.74, 6) is 0. The molecule has 2 heterocycles. The molecule has 0 aliphatic heterocycles. The van der Waals surface area contributed by atoms with Gasteiger partial charge in [0.2, 0.25) is 0 Å². The molecule has 3 nitrogen and oxygen atoms in total. The lowest BCUT2D eigenvalue weighted by molar-refractivity contribution is 0.670. The minimum Gasteiger partial charge on any atom is -0.455 e. The van der Waals surface area contributed by atoms with E-state index < -0.39 is 0 Å². The molecule has 0 atom stereocenters. The fourth-order valence-corrected chi connectivity index (χ4v) is 10.2. The molecule has 67 heavy (non-hydrogen) atoms. The quantitative estimate of drug-likeness (QED) is 0.152. The highest BCUT2D eigenvalue weighted by atomic mass is 16.3. The van der Waals surface area contributed by atoms with Crippen molar-refractivity contribution in [3.8, 4) is 50.2 Å². The lowest BCUT2D eigenvalue weighted by Crippen LogP contribution is -2.10. The Morgan fingerprint density at radius 1 is 0.313 bits per heavy atom. The van der Waals surface area contributed by atoms with Crippen molar-refractivity contribution in [3.05, 3.63) is 255 Å². The first-order valence-corrected chi connectivity index (χ1v) is 22.9. The van der Waals surface area contributed by atoms with E-state index in [4.69, 9.17) is 4.42 Å². The average molecular weight is 855 g/mol. The fraction of sp³-hybridized carbons (Fsp3) is 0. The van der Waals surface area contributed by atoms with Gasteiger partial charge >= 0.3 is 0 Å². The number of nitrogens with zero attached hydrogens (tertiary/aromatic N) is 2. The van der Waals surface area contributed by atoms with Gasteiger partial charge in [-0.3, -0.25) is 0 Å². The Hall–Kier alpha value is -8.92. The van der Waals surface area contributed by atoms with Crippen LogP contribution in [0.25, 0.3) is 105 Å². The number of para-hydroxylation sites is 5. The first-order chi connectivity index (χ1) is 33.2. The largest absolute Gasteiger partial charge is 0.455 e. The molecule has 0 unspecified atom stereocenters. The summed E-state index contributed by atoms with van der Waals surface area (Å²) >= 11 is 0. The van der Waals surface area contributed by atoms with Gasteiger partial charge in [-0.25, -0.2) is 0 Å². The van der Waals surface area contributed by atoms with E-state index in [1.54, 1.807) is 0 Å². The molecule has 0 aliphatic carbocycles. The molecule has 0 radical (unpaired) electrons. The number of rotatable bonds is 8. The van der Waals surface area contributed by atoms with E-state index in [-0.39, 0.29) is 0 Å². The van der Waals surface area contributed by atoms with Crippen molar-refractivity contribution in [1.29, 1.82) is 0 Å². The first-order valence-electron chi connectivity index (χ1n) is 22.9. The van der Waals surface area contributed by atoms with Gasteiger partial charge in [-0.15, -0.1) is 0 Å². The molecule has 0 amide bonds. The summed E-state index contributed by atoms with van der Waals surface area (Å²) < 4.78 is 8.84. The van der Waals surface area contributed by atoms with Crippen LogP contribution in [-0.4, -0.2) is 4.57 Å². The molecule has 0 N–H and O–H groups in total. The van der Waals surface area contributed by atoms with Crippen LogP contribution in [-0.2, 0) is 0 Å². The molecule has 0 saturated heterocycles. The summed E-state index contributed by atoms with van der Waals surface area (Å²) in [5.41, 5.74) is 17.9. The van der Waals surface area contributed by atoms with Gasteiger partial charge < -0.3 is 13.9 Å². The van der Waals surface area contributed by atoms with Crippen LogP contribution in [0.2, 0.25) is 0 Å². The normalized spacial score (nSPS) is 11.6. The van der Waals surface area contributed by atoms with Crippen LogP contribution in [0, 0.1) is 0 Å². The molecule has 314 valence electrons. The van der Waals surface area contributed by atoms with Crippen LogP contribution < -0.4 is 4.90 Å². The zero-order valence-corrected chi connectivity index (χ0v) is 36.6. The van der Waals surface area contributed by atoms with Crippen molar-refractivity contribution in [2.45, 2.75) is 0 Å². The summed E-state index contributed by atoms with van der Waals surface area (Å²) in [6.45, 7) is 0. The number of hydrogen-bond donors (Lipinski definition) is 0. The molecule has 0 bridgehead atoms. The van der Waals surface area contributed by atoms with Gasteiger partial charge in [0.1, 0.15) is 11.2 Å². The minimum atomic E-state index is 0.907. The topological polar surface area (TPSA) is 21.3 Å². The van der Waals surface area contributed by atoms with Crippen molar-refractivity contribution in [2.24, 2.45) is 0 Å². The zero-order chi connectivity index (χ0) is 44.3. The molecule has 3 heteroatoms. The highest BCUT2D eigenvalue weighted by Crippen LogP contribution is 2.42. The van der Waals surface area contributed by atoms with Crippen molar-refractivity contribution < 1.29 is 4.42 Å². The summed E-state index contributed by atoms with van der Waals surface area (Å²) in [6, 6.07) is 91.9. The van der Waals surface area contributed by atoms with Gasteiger partial charge in [0, 0.05) is 49.4 Å². The Morgan fingerprint density at radius 3 is 1.48 bits per heavy atom. The van der Waals surface area contributed by atoms with E-state index in [1.165, 1.54) is 49.3 Å².